The lowest BCUT2D eigenvalue weighted by Crippen LogP contribution is -2.23. The van der Waals surface area contributed by atoms with Crippen molar-refractivity contribution in [3.8, 4) is 11.1 Å². The van der Waals surface area contributed by atoms with Crippen LogP contribution in [0.25, 0.3) is 11.1 Å². The molecule has 33 heavy (non-hydrogen) atoms. The highest BCUT2D eigenvalue weighted by Crippen LogP contribution is 2.25. The molecule has 0 aliphatic rings. The summed E-state index contributed by atoms with van der Waals surface area (Å²) in [5.41, 5.74) is 0.237. The van der Waals surface area contributed by atoms with Crippen LogP contribution in [0, 0.1) is 11.6 Å². The first-order valence-corrected chi connectivity index (χ1v) is 11.5. The van der Waals surface area contributed by atoms with Crippen molar-refractivity contribution >= 4 is 21.6 Å². The van der Waals surface area contributed by atoms with Crippen LogP contribution in [0.1, 0.15) is 30.0 Å². The summed E-state index contributed by atoms with van der Waals surface area (Å²) in [6, 6.07) is 7.34. The molecule has 0 radical (unpaired) electrons. The Morgan fingerprint density at radius 1 is 1.00 bits per heavy atom. The summed E-state index contributed by atoms with van der Waals surface area (Å²) in [5, 5.41) is 5.39. The maximum Gasteiger partial charge on any atom is 0.261 e. The fourth-order valence-electron chi connectivity index (χ4n) is 2.85. The van der Waals surface area contributed by atoms with Gasteiger partial charge < -0.3 is 10.6 Å². The molecule has 0 unspecified atom stereocenters. The van der Waals surface area contributed by atoms with Gasteiger partial charge in [0.05, 0.1) is 22.7 Å². The number of sulfonamides is 1. The summed E-state index contributed by atoms with van der Waals surface area (Å²) in [6.45, 7) is 4.56. The second kappa shape index (κ2) is 10.0. The summed E-state index contributed by atoms with van der Waals surface area (Å²) in [7, 11) is -2.94. The molecule has 0 fully saturated rings. The molecular formula is C22H23F2N5O3S. The first kappa shape index (κ1) is 24.2. The number of amides is 1. The van der Waals surface area contributed by atoms with Gasteiger partial charge in [-0.15, -0.1) is 0 Å². The van der Waals surface area contributed by atoms with E-state index in [1.807, 2.05) is 18.6 Å². The zero-order valence-electron chi connectivity index (χ0n) is 18.2. The summed E-state index contributed by atoms with van der Waals surface area (Å²) in [5.74, 6) is -2.34. The van der Waals surface area contributed by atoms with Crippen molar-refractivity contribution in [3.63, 3.8) is 0 Å². The molecule has 0 aliphatic carbocycles. The van der Waals surface area contributed by atoms with E-state index in [0.29, 0.717) is 41.7 Å². The highest BCUT2D eigenvalue weighted by molar-refractivity contribution is 7.92. The molecule has 3 aromatic rings. The van der Waals surface area contributed by atoms with Crippen molar-refractivity contribution < 1.29 is 22.0 Å². The molecule has 0 saturated carbocycles. The average molecular weight is 476 g/mol. The average Bonchev–Trinajstić information content (AvgIpc) is 2.79. The number of hydrogen-bond acceptors (Lipinski definition) is 6. The predicted molar refractivity (Wildman–Crippen MR) is 120 cm³/mol. The maximum absolute atomic E-state index is 14.3. The predicted octanol–water partition coefficient (Wildman–Crippen LogP) is 3.08. The van der Waals surface area contributed by atoms with E-state index in [1.165, 1.54) is 19.2 Å². The fraction of sp³-hybridized carbons (Fsp3) is 0.227. The van der Waals surface area contributed by atoms with Gasteiger partial charge in [0, 0.05) is 37.1 Å². The number of carbonyl (C=O) groups is 1. The van der Waals surface area contributed by atoms with Crippen LogP contribution in [0.4, 0.5) is 14.5 Å². The Labute approximate surface area is 190 Å². The largest absolute Gasteiger partial charge is 0.355 e. The first-order chi connectivity index (χ1) is 15.6. The van der Waals surface area contributed by atoms with Crippen molar-refractivity contribution in [1.29, 1.82) is 0 Å². The van der Waals surface area contributed by atoms with Gasteiger partial charge in [-0.1, -0.05) is 26.0 Å². The Bertz CT molecular complexity index is 1250. The monoisotopic (exact) mass is 475 g/mol. The maximum atomic E-state index is 14.3. The quantitative estimate of drug-likeness (QED) is 0.462. The zero-order valence-corrected chi connectivity index (χ0v) is 19.0. The van der Waals surface area contributed by atoms with Crippen LogP contribution in [0.15, 0.2) is 53.7 Å². The van der Waals surface area contributed by atoms with Crippen molar-refractivity contribution in [2.75, 3.05) is 11.8 Å². The third-order valence-corrected chi connectivity index (χ3v) is 6.03. The van der Waals surface area contributed by atoms with E-state index in [0.717, 1.165) is 0 Å². The third kappa shape index (κ3) is 5.88. The number of nitrogens with one attached hydrogen (secondary N) is 3. The SMILES string of the molecule is CNC(=O)c1cc(F)c(NS(=O)(=O)c2ccc(-c3cnc(CNC(C)C)nc3)cc2)cc1F. The Kier molecular flexibility index (Phi) is 7.34. The number of nitrogens with zero attached hydrogens (tertiary/aromatic N) is 2. The van der Waals surface area contributed by atoms with Crippen LogP contribution < -0.4 is 15.4 Å². The van der Waals surface area contributed by atoms with E-state index in [9.17, 15) is 22.0 Å². The molecule has 11 heteroatoms. The highest BCUT2D eigenvalue weighted by atomic mass is 32.2. The molecule has 174 valence electrons. The molecule has 0 bridgehead atoms. The number of halogens is 2. The van der Waals surface area contributed by atoms with Crippen LogP contribution in [0.5, 0.6) is 0 Å². The summed E-state index contributed by atoms with van der Waals surface area (Å²) in [6.07, 6.45) is 3.27. The van der Waals surface area contributed by atoms with E-state index < -0.39 is 38.8 Å². The van der Waals surface area contributed by atoms with E-state index >= 15 is 0 Å². The van der Waals surface area contributed by atoms with Gasteiger partial charge in [-0.2, -0.15) is 0 Å². The van der Waals surface area contributed by atoms with Gasteiger partial charge in [0.25, 0.3) is 15.9 Å². The zero-order chi connectivity index (χ0) is 24.2. The third-order valence-electron chi connectivity index (χ3n) is 4.64. The topological polar surface area (TPSA) is 113 Å². The minimum absolute atomic E-state index is 0.153. The molecule has 3 N–H and O–H groups in total. The molecule has 0 aliphatic heterocycles. The van der Waals surface area contributed by atoms with Gasteiger partial charge in [0.1, 0.15) is 17.5 Å². The first-order valence-electron chi connectivity index (χ1n) is 9.99. The van der Waals surface area contributed by atoms with Gasteiger partial charge in [0.2, 0.25) is 0 Å². The number of benzene rings is 2. The second-order valence-electron chi connectivity index (χ2n) is 7.44. The molecule has 1 aromatic heterocycles. The van der Waals surface area contributed by atoms with Gasteiger partial charge in [-0.05, 0) is 23.8 Å². The Balaban J connectivity index is 1.77. The van der Waals surface area contributed by atoms with Crippen molar-refractivity contribution in [2.45, 2.75) is 31.3 Å². The minimum Gasteiger partial charge on any atom is -0.355 e. The minimum atomic E-state index is -4.21. The molecule has 0 saturated heterocycles. The molecule has 0 atom stereocenters. The van der Waals surface area contributed by atoms with Crippen LogP contribution in [0.3, 0.4) is 0 Å². The molecule has 8 nitrogen and oxygen atoms in total. The molecular weight excluding hydrogens is 452 g/mol. The van der Waals surface area contributed by atoms with Gasteiger partial charge in [0.15, 0.2) is 0 Å². The number of hydrogen-bond donors (Lipinski definition) is 3. The Hall–Kier alpha value is -3.44. The van der Waals surface area contributed by atoms with Gasteiger partial charge in [-0.25, -0.2) is 27.2 Å². The van der Waals surface area contributed by atoms with E-state index in [4.69, 9.17) is 0 Å². The van der Waals surface area contributed by atoms with E-state index in [-0.39, 0.29) is 4.90 Å². The summed E-state index contributed by atoms with van der Waals surface area (Å²) in [4.78, 5) is 20.0. The van der Waals surface area contributed by atoms with E-state index in [2.05, 4.69) is 20.6 Å². The molecule has 1 heterocycles. The number of anilines is 1. The second-order valence-corrected chi connectivity index (χ2v) is 9.13. The Morgan fingerprint density at radius 3 is 2.21 bits per heavy atom. The normalized spacial score (nSPS) is 11.5. The molecule has 1 amide bonds. The van der Waals surface area contributed by atoms with Crippen LogP contribution in [0.2, 0.25) is 0 Å². The van der Waals surface area contributed by atoms with Crippen LogP contribution >= 0.6 is 0 Å². The summed E-state index contributed by atoms with van der Waals surface area (Å²) < 4.78 is 55.7. The smallest absolute Gasteiger partial charge is 0.261 e. The Morgan fingerprint density at radius 2 is 1.64 bits per heavy atom. The molecule has 3 rings (SSSR count). The van der Waals surface area contributed by atoms with Crippen molar-refractivity contribution in [3.05, 3.63) is 71.8 Å². The lowest BCUT2D eigenvalue weighted by Gasteiger charge is -2.11. The molecule has 0 spiro atoms. The number of aromatic nitrogens is 2. The number of rotatable bonds is 8. The standard InChI is InChI=1S/C22H23F2N5O3S/c1-13(2)26-12-21-27-10-15(11-28-21)14-4-6-16(7-5-14)33(31,32)29-20-9-18(23)17(8-19(20)24)22(30)25-3/h4-11,13,26,29H,12H2,1-3H3,(H,25,30). The fourth-order valence-corrected chi connectivity index (χ4v) is 3.91. The lowest BCUT2D eigenvalue weighted by molar-refractivity contribution is 0.0958. The van der Waals surface area contributed by atoms with Crippen molar-refractivity contribution in [1.82, 2.24) is 20.6 Å². The van der Waals surface area contributed by atoms with Gasteiger partial charge in [-0.3, -0.25) is 9.52 Å². The van der Waals surface area contributed by atoms with Crippen LogP contribution in [-0.4, -0.2) is 37.4 Å². The molecule has 2 aromatic carbocycles. The van der Waals surface area contributed by atoms with E-state index in [1.54, 1.807) is 24.5 Å². The number of carbonyl (C=O) groups excluding carboxylic acids is 1. The lowest BCUT2D eigenvalue weighted by atomic mass is 10.1. The van der Waals surface area contributed by atoms with Crippen LogP contribution in [-0.2, 0) is 16.6 Å². The van der Waals surface area contributed by atoms with Gasteiger partial charge >= 0.3 is 0 Å². The summed E-state index contributed by atoms with van der Waals surface area (Å²) >= 11 is 0. The highest BCUT2D eigenvalue weighted by Gasteiger charge is 2.20. The van der Waals surface area contributed by atoms with Crippen molar-refractivity contribution in [2.24, 2.45) is 0 Å².